The maximum atomic E-state index is 11.7. The average Bonchev–Trinajstić information content (AvgIpc) is 2.38. The van der Waals surface area contributed by atoms with Crippen LogP contribution in [0, 0.1) is 6.92 Å². The molecule has 3 N–H and O–H groups in total. The van der Waals surface area contributed by atoms with Crippen LogP contribution in [-0.4, -0.2) is 29.2 Å². The highest BCUT2D eigenvalue weighted by Crippen LogP contribution is 2.08. The number of aryl methyl sites for hydroxylation is 1. The molecule has 0 radical (unpaired) electrons. The lowest BCUT2D eigenvalue weighted by Crippen LogP contribution is -2.55. The first-order chi connectivity index (χ1) is 9.37. The maximum Gasteiger partial charge on any atom is 0.329 e. The minimum absolute atomic E-state index is 0.327. The minimum Gasteiger partial charge on any atom is -0.480 e. The van der Waals surface area contributed by atoms with E-state index in [1.54, 1.807) is 6.92 Å². The molecule has 0 aliphatic carbocycles. The van der Waals surface area contributed by atoms with Gasteiger partial charge in [-0.2, -0.15) is 0 Å². The number of carboxylic acid groups (broad SMARTS) is 1. The summed E-state index contributed by atoms with van der Waals surface area (Å²) in [6.45, 7) is 5.70. The average molecular weight is 278 g/mol. The SMILES string of the molecule is CCC(C)(NC(=O)NCCc1cccc(C)c1)C(=O)O. The second-order valence-corrected chi connectivity index (χ2v) is 5.11. The van der Waals surface area contributed by atoms with Crippen molar-refractivity contribution in [2.24, 2.45) is 0 Å². The topological polar surface area (TPSA) is 78.4 Å². The molecule has 2 amide bonds. The second-order valence-electron chi connectivity index (χ2n) is 5.11. The van der Waals surface area contributed by atoms with Gasteiger partial charge in [0.05, 0.1) is 0 Å². The van der Waals surface area contributed by atoms with Crippen LogP contribution in [0.4, 0.5) is 4.79 Å². The second kappa shape index (κ2) is 6.93. The summed E-state index contributed by atoms with van der Waals surface area (Å²) in [5, 5.41) is 14.2. The van der Waals surface area contributed by atoms with Gasteiger partial charge in [-0.25, -0.2) is 9.59 Å². The predicted octanol–water partition coefficient (Wildman–Crippen LogP) is 2.09. The standard InChI is InChI=1S/C15H22N2O3/c1-4-15(3,13(18)19)17-14(20)16-9-8-12-7-5-6-11(2)10-12/h5-7,10H,4,8-9H2,1-3H3,(H,18,19)(H2,16,17,20). The molecule has 0 bridgehead atoms. The minimum atomic E-state index is -1.23. The molecule has 0 spiro atoms. The van der Waals surface area contributed by atoms with E-state index in [0.717, 1.165) is 5.56 Å². The van der Waals surface area contributed by atoms with Crippen LogP contribution in [0.2, 0.25) is 0 Å². The van der Waals surface area contributed by atoms with Crippen LogP contribution in [0.5, 0.6) is 0 Å². The van der Waals surface area contributed by atoms with Gasteiger partial charge in [0.15, 0.2) is 0 Å². The van der Waals surface area contributed by atoms with Crippen molar-refractivity contribution in [2.45, 2.75) is 39.2 Å². The Balaban J connectivity index is 2.42. The number of aliphatic carboxylic acids is 1. The fourth-order valence-electron chi connectivity index (χ4n) is 1.78. The highest BCUT2D eigenvalue weighted by atomic mass is 16.4. The molecule has 0 saturated carbocycles. The maximum absolute atomic E-state index is 11.7. The van der Waals surface area contributed by atoms with Gasteiger partial charge in [0.2, 0.25) is 0 Å². The molecule has 5 heteroatoms. The van der Waals surface area contributed by atoms with Crippen molar-refractivity contribution >= 4 is 12.0 Å². The summed E-state index contributed by atoms with van der Waals surface area (Å²) in [6, 6.07) is 7.60. The molecule has 0 aromatic heterocycles. The highest BCUT2D eigenvalue weighted by molar-refractivity contribution is 5.85. The van der Waals surface area contributed by atoms with E-state index in [-0.39, 0.29) is 0 Å². The van der Waals surface area contributed by atoms with Crippen molar-refractivity contribution in [2.75, 3.05) is 6.54 Å². The van der Waals surface area contributed by atoms with Crippen molar-refractivity contribution in [1.29, 1.82) is 0 Å². The molecule has 0 saturated heterocycles. The van der Waals surface area contributed by atoms with Gasteiger partial charge < -0.3 is 15.7 Å². The van der Waals surface area contributed by atoms with Gasteiger partial charge in [-0.05, 0) is 32.3 Å². The molecule has 1 rings (SSSR count). The highest BCUT2D eigenvalue weighted by Gasteiger charge is 2.32. The van der Waals surface area contributed by atoms with Crippen molar-refractivity contribution in [3.8, 4) is 0 Å². The monoisotopic (exact) mass is 278 g/mol. The first-order valence-electron chi connectivity index (χ1n) is 6.72. The number of urea groups is 1. The zero-order valence-electron chi connectivity index (χ0n) is 12.2. The number of hydrogen-bond donors (Lipinski definition) is 3. The summed E-state index contributed by atoms with van der Waals surface area (Å²) in [5.74, 6) is -1.03. The summed E-state index contributed by atoms with van der Waals surface area (Å²) in [7, 11) is 0. The largest absolute Gasteiger partial charge is 0.480 e. The van der Waals surface area contributed by atoms with Crippen LogP contribution in [-0.2, 0) is 11.2 Å². The summed E-state index contributed by atoms with van der Waals surface area (Å²) in [4.78, 5) is 22.8. The lowest BCUT2D eigenvalue weighted by Gasteiger charge is -2.24. The van der Waals surface area contributed by atoms with E-state index in [0.29, 0.717) is 19.4 Å². The summed E-state index contributed by atoms with van der Waals surface area (Å²) in [5.41, 5.74) is 1.09. The third kappa shape index (κ3) is 4.57. The first kappa shape index (κ1) is 16.0. The summed E-state index contributed by atoms with van der Waals surface area (Å²) < 4.78 is 0. The smallest absolute Gasteiger partial charge is 0.329 e. The fraction of sp³-hybridized carbons (Fsp3) is 0.467. The molecule has 0 fully saturated rings. The van der Waals surface area contributed by atoms with E-state index >= 15 is 0 Å². The van der Waals surface area contributed by atoms with Crippen LogP contribution in [0.15, 0.2) is 24.3 Å². The van der Waals surface area contributed by atoms with E-state index in [1.165, 1.54) is 12.5 Å². The Morgan fingerprint density at radius 1 is 1.35 bits per heavy atom. The lowest BCUT2D eigenvalue weighted by atomic mass is 10.00. The van der Waals surface area contributed by atoms with Crippen LogP contribution in [0.3, 0.4) is 0 Å². The van der Waals surface area contributed by atoms with E-state index < -0.39 is 17.5 Å². The molecule has 0 aliphatic rings. The normalized spacial score (nSPS) is 13.3. The Bertz CT molecular complexity index is 488. The number of nitrogens with one attached hydrogen (secondary N) is 2. The molecule has 0 aliphatic heterocycles. The first-order valence-corrected chi connectivity index (χ1v) is 6.72. The van der Waals surface area contributed by atoms with Gasteiger partial charge in [0, 0.05) is 6.54 Å². The summed E-state index contributed by atoms with van der Waals surface area (Å²) in [6.07, 6.45) is 1.04. The van der Waals surface area contributed by atoms with Crippen LogP contribution >= 0.6 is 0 Å². The molecule has 110 valence electrons. The zero-order chi connectivity index (χ0) is 15.2. The Labute approximate surface area is 119 Å². The quantitative estimate of drug-likeness (QED) is 0.745. The Kier molecular flexibility index (Phi) is 5.55. The number of carbonyl (C=O) groups excluding carboxylic acids is 1. The van der Waals surface area contributed by atoms with Crippen molar-refractivity contribution in [3.05, 3.63) is 35.4 Å². The van der Waals surface area contributed by atoms with Gasteiger partial charge in [-0.15, -0.1) is 0 Å². The fourth-order valence-corrected chi connectivity index (χ4v) is 1.78. The lowest BCUT2D eigenvalue weighted by molar-refractivity contribution is -0.143. The van der Waals surface area contributed by atoms with E-state index in [2.05, 4.69) is 16.7 Å². The molecule has 20 heavy (non-hydrogen) atoms. The third-order valence-electron chi connectivity index (χ3n) is 3.35. The van der Waals surface area contributed by atoms with Crippen molar-refractivity contribution in [1.82, 2.24) is 10.6 Å². The van der Waals surface area contributed by atoms with Gasteiger partial charge >= 0.3 is 12.0 Å². The van der Waals surface area contributed by atoms with E-state index in [9.17, 15) is 9.59 Å². The van der Waals surface area contributed by atoms with Crippen molar-refractivity contribution in [3.63, 3.8) is 0 Å². The number of carbonyl (C=O) groups is 2. The van der Waals surface area contributed by atoms with Crippen LogP contribution < -0.4 is 10.6 Å². The molecule has 1 unspecified atom stereocenters. The Morgan fingerprint density at radius 2 is 2.05 bits per heavy atom. The molecular formula is C15H22N2O3. The number of carboxylic acids is 1. The molecule has 0 heterocycles. The van der Waals surface area contributed by atoms with Gasteiger partial charge in [0.1, 0.15) is 5.54 Å². The molecule has 1 aromatic carbocycles. The third-order valence-corrected chi connectivity index (χ3v) is 3.35. The number of rotatable bonds is 6. The number of amides is 2. The molecule has 1 atom stereocenters. The molecule has 5 nitrogen and oxygen atoms in total. The van der Waals surface area contributed by atoms with Crippen LogP contribution in [0.1, 0.15) is 31.4 Å². The van der Waals surface area contributed by atoms with E-state index in [1.807, 2.05) is 25.1 Å². The van der Waals surface area contributed by atoms with Gasteiger partial charge in [-0.3, -0.25) is 0 Å². The van der Waals surface area contributed by atoms with Crippen LogP contribution in [0.25, 0.3) is 0 Å². The van der Waals surface area contributed by atoms with Crippen molar-refractivity contribution < 1.29 is 14.7 Å². The Morgan fingerprint density at radius 3 is 2.60 bits per heavy atom. The molecular weight excluding hydrogens is 256 g/mol. The number of hydrogen-bond acceptors (Lipinski definition) is 2. The zero-order valence-corrected chi connectivity index (χ0v) is 12.2. The van der Waals surface area contributed by atoms with Gasteiger partial charge in [-0.1, -0.05) is 36.8 Å². The summed E-state index contributed by atoms with van der Waals surface area (Å²) >= 11 is 0. The Hall–Kier alpha value is -2.04. The number of benzene rings is 1. The van der Waals surface area contributed by atoms with Gasteiger partial charge in [0.25, 0.3) is 0 Å². The van der Waals surface area contributed by atoms with E-state index in [4.69, 9.17) is 5.11 Å². The predicted molar refractivity (Wildman–Crippen MR) is 77.7 cm³/mol. The molecule has 1 aromatic rings.